The van der Waals surface area contributed by atoms with E-state index >= 15 is 0 Å². The third kappa shape index (κ3) is 13.8. The highest BCUT2D eigenvalue weighted by molar-refractivity contribution is 7.33. The Morgan fingerprint density at radius 2 is 1.47 bits per heavy atom. The van der Waals surface area contributed by atoms with E-state index in [4.69, 9.17) is 20.6 Å². The summed E-state index contributed by atoms with van der Waals surface area (Å²) in [4.78, 5) is 0. The van der Waals surface area contributed by atoms with E-state index < -0.39 is 8.25 Å². The molecule has 0 unspecified atom stereocenters. The Hall–Kier alpha value is -0.470. The number of halogens is 1. The Morgan fingerprint density at radius 3 is 1.79 bits per heavy atom. The molecule has 0 aliphatic carbocycles. The number of hydrogen-bond donors (Lipinski definition) is 0. The van der Waals surface area contributed by atoms with Gasteiger partial charge in [-0.2, -0.15) is 0 Å². The fraction of sp³-hybridized carbons (Fsp3) is 0.571. The molecule has 5 heteroatoms. The van der Waals surface area contributed by atoms with E-state index in [0.29, 0.717) is 13.2 Å². The highest BCUT2D eigenvalue weighted by Crippen LogP contribution is 2.24. The van der Waals surface area contributed by atoms with Crippen molar-refractivity contribution >= 4 is 19.9 Å². The van der Waals surface area contributed by atoms with Crippen molar-refractivity contribution in [1.29, 1.82) is 0 Å². The minimum Gasteiger partial charge on any atom is -0.119 e. The molecule has 0 aliphatic rings. The van der Waals surface area contributed by atoms with E-state index in [-0.39, 0.29) is 0 Å². The van der Waals surface area contributed by atoms with E-state index in [9.17, 15) is 4.57 Å². The Morgan fingerprint density at radius 1 is 1.00 bits per heavy atom. The number of rotatable bonds is 8. The van der Waals surface area contributed by atoms with E-state index in [1.807, 2.05) is 30.3 Å². The summed E-state index contributed by atoms with van der Waals surface area (Å²) in [5.41, 5.74) is 0. The Kier molecular flexibility index (Phi) is 13.6. The van der Waals surface area contributed by atoms with E-state index in [2.05, 4.69) is 13.8 Å². The van der Waals surface area contributed by atoms with Crippen molar-refractivity contribution in [3.63, 3.8) is 0 Å². The highest BCUT2D eigenvalue weighted by atomic mass is 35.5. The molecule has 0 aromatic heterocycles. The second-order valence-electron chi connectivity index (χ2n) is 3.89. The molecule has 0 amide bonds. The van der Waals surface area contributed by atoms with Crippen molar-refractivity contribution in [1.82, 2.24) is 0 Å². The smallest absolute Gasteiger partial charge is 0.119 e. The molecule has 0 saturated heterocycles. The molecule has 19 heavy (non-hydrogen) atoms. The molecule has 0 radical (unpaired) electrons. The maximum Gasteiger partial charge on any atom is 0.697 e. The summed E-state index contributed by atoms with van der Waals surface area (Å²) in [7, 11) is -1.85. The standard InChI is InChI=1S/C8H18O3P.C6H5Cl/c1-3-5-7-10-12(9)11-8-6-4-2;7-6-4-2-1-3-5-6/h3-8H2,1-2H3;1-5H/q+1;. The van der Waals surface area contributed by atoms with Gasteiger partial charge in [-0.15, -0.1) is 9.05 Å². The van der Waals surface area contributed by atoms with Crippen LogP contribution in [-0.4, -0.2) is 13.2 Å². The van der Waals surface area contributed by atoms with Gasteiger partial charge in [-0.3, -0.25) is 0 Å². The molecule has 0 fully saturated rings. The first kappa shape index (κ1) is 18.5. The van der Waals surface area contributed by atoms with Crippen molar-refractivity contribution < 1.29 is 13.6 Å². The van der Waals surface area contributed by atoms with Crippen LogP contribution in [-0.2, 0) is 13.6 Å². The number of unbranched alkanes of at least 4 members (excludes halogenated alkanes) is 2. The molecule has 0 N–H and O–H groups in total. The van der Waals surface area contributed by atoms with Crippen LogP contribution < -0.4 is 0 Å². The van der Waals surface area contributed by atoms with E-state index in [1.54, 1.807) is 0 Å². The largest absolute Gasteiger partial charge is 0.697 e. The van der Waals surface area contributed by atoms with Crippen LogP contribution in [0.1, 0.15) is 39.5 Å². The average Bonchev–Trinajstić information content (AvgIpc) is 2.41. The zero-order valence-corrected chi connectivity index (χ0v) is 13.3. The normalized spacial score (nSPS) is 9.63. The van der Waals surface area contributed by atoms with Crippen molar-refractivity contribution in [3.8, 4) is 0 Å². The molecule has 0 bridgehead atoms. The predicted octanol–water partition coefficient (Wildman–Crippen LogP) is 5.62. The minimum absolute atomic E-state index is 0.540. The van der Waals surface area contributed by atoms with Crippen LogP contribution >= 0.6 is 19.9 Å². The van der Waals surface area contributed by atoms with Crippen LogP contribution in [0.2, 0.25) is 5.02 Å². The van der Waals surface area contributed by atoms with Gasteiger partial charge in [0.25, 0.3) is 0 Å². The Bertz CT molecular complexity index is 308. The maximum atomic E-state index is 10.9. The van der Waals surface area contributed by atoms with Gasteiger partial charge in [0.2, 0.25) is 0 Å². The van der Waals surface area contributed by atoms with Gasteiger partial charge in [0.05, 0.1) is 0 Å². The lowest BCUT2D eigenvalue weighted by molar-refractivity contribution is 0.221. The summed E-state index contributed by atoms with van der Waals surface area (Å²) in [6, 6.07) is 9.44. The first-order valence-electron chi connectivity index (χ1n) is 6.64. The van der Waals surface area contributed by atoms with Crippen LogP contribution in [0.15, 0.2) is 30.3 Å². The second-order valence-corrected chi connectivity index (χ2v) is 5.29. The molecular formula is C14H23ClO3P+. The van der Waals surface area contributed by atoms with Gasteiger partial charge in [-0.05, 0) is 25.0 Å². The topological polar surface area (TPSA) is 35.5 Å². The quantitative estimate of drug-likeness (QED) is 0.462. The van der Waals surface area contributed by atoms with Gasteiger partial charge in [0, 0.05) is 9.59 Å². The highest BCUT2D eigenvalue weighted by Gasteiger charge is 2.18. The number of hydrogen-bond acceptors (Lipinski definition) is 3. The Balaban J connectivity index is 0.000000388. The van der Waals surface area contributed by atoms with Crippen LogP contribution in [0.25, 0.3) is 0 Å². The van der Waals surface area contributed by atoms with Gasteiger partial charge in [-0.25, -0.2) is 0 Å². The molecule has 108 valence electrons. The SMILES string of the molecule is CCCCO[P+](=O)OCCCC.Clc1ccccc1. The zero-order valence-electron chi connectivity index (χ0n) is 11.7. The summed E-state index contributed by atoms with van der Waals surface area (Å²) in [6.45, 7) is 5.21. The lowest BCUT2D eigenvalue weighted by Gasteiger charge is -1.89. The summed E-state index contributed by atoms with van der Waals surface area (Å²) >= 11 is 5.54. The third-order valence-corrected chi connectivity index (χ3v) is 3.16. The van der Waals surface area contributed by atoms with Crippen LogP contribution in [0.3, 0.4) is 0 Å². The van der Waals surface area contributed by atoms with Crippen molar-refractivity contribution in [2.75, 3.05) is 13.2 Å². The molecule has 0 atom stereocenters. The summed E-state index contributed by atoms with van der Waals surface area (Å²) in [5, 5.41) is 0.794. The molecule has 3 nitrogen and oxygen atoms in total. The fourth-order valence-electron chi connectivity index (χ4n) is 1.02. The molecule has 1 rings (SSSR count). The average molecular weight is 306 g/mol. The monoisotopic (exact) mass is 305 g/mol. The molecule has 0 saturated carbocycles. The van der Waals surface area contributed by atoms with Crippen molar-refractivity contribution in [2.45, 2.75) is 39.5 Å². The van der Waals surface area contributed by atoms with Crippen LogP contribution in [0.5, 0.6) is 0 Å². The van der Waals surface area contributed by atoms with Crippen molar-refractivity contribution in [3.05, 3.63) is 35.4 Å². The molecule has 0 spiro atoms. The molecule has 1 aromatic carbocycles. The van der Waals surface area contributed by atoms with Crippen LogP contribution in [0, 0.1) is 0 Å². The van der Waals surface area contributed by atoms with Crippen molar-refractivity contribution in [2.24, 2.45) is 0 Å². The van der Waals surface area contributed by atoms with E-state index in [1.165, 1.54) is 0 Å². The minimum atomic E-state index is -1.85. The van der Waals surface area contributed by atoms with Gasteiger partial charge >= 0.3 is 8.25 Å². The molecule has 0 heterocycles. The van der Waals surface area contributed by atoms with Gasteiger partial charge < -0.3 is 0 Å². The molecular weight excluding hydrogens is 283 g/mol. The fourth-order valence-corrected chi connectivity index (χ4v) is 1.80. The summed E-state index contributed by atoms with van der Waals surface area (Å²) in [6.07, 6.45) is 3.99. The summed E-state index contributed by atoms with van der Waals surface area (Å²) < 4.78 is 20.7. The number of benzene rings is 1. The summed E-state index contributed by atoms with van der Waals surface area (Å²) in [5.74, 6) is 0. The first-order valence-corrected chi connectivity index (χ1v) is 8.11. The molecule has 1 aromatic rings. The van der Waals surface area contributed by atoms with E-state index in [0.717, 1.165) is 30.7 Å². The van der Waals surface area contributed by atoms with Crippen LogP contribution in [0.4, 0.5) is 0 Å². The lowest BCUT2D eigenvalue weighted by Crippen LogP contribution is -1.90. The lowest BCUT2D eigenvalue weighted by atomic mass is 10.4. The zero-order chi connectivity index (χ0) is 14.3. The Labute approximate surface area is 122 Å². The van der Waals surface area contributed by atoms with Gasteiger partial charge in [0.1, 0.15) is 13.2 Å². The predicted molar refractivity (Wildman–Crippen MR) is 80.8 cm³/mol. The molecule has 0 aliphatic heterocycles. The maximum absolute atomic E-state index is 10.9. The van der Waals surface area contributed by atoms with Gasteiger partial charge in [0.15, 0.2) is 0 Å². The third-order valence-electron chi connectivity index (χ3n) is 2.12. The first-order chi connectivity index (χ1) is 9.20. The second kappa shape index (κ2) is 14.0. The van der Waals surface area contributed by atoms with Gasteiger partial charge in [-0.1, -0.05) is 56.5 Å².